The molecule has 0 radical (unpaired) electrons. The number of benzene rings is 1. The third-order valence-electron chi connectivity index (χ3n) is 4.89. The minimum atomic E-state index is 0.198. The van der Waals surface area contributed by atoms with E-state index in [1.54, 1.807) is 0 Å². The van der Waals surface area contributed by atoms with Gasteiger partial charge in [-0.1, -0.05) is 36.4 Å². The zero-order valence-electron chi connectivity index (χ0n) is 15.7. The molecule has 3 rings (SSSR count). The van der Waals surface area contributed by atoms with Crippen LogP contribution in [-0.2, 0) is 18.4 Å². The molecule has 0 spiro atoms. The molecular formula is C19H27N5OS. The van der Waals surface area contributed by atoms with E-state index in [1.807, 2.05) is 16.5 Å². The highest BCUT2D eigenvalue weighted by Gasteiger charge is 2.21. The number of piperidine rings is 1. The summed E-state index contributed by atoms with van der Waals surface area (Å²) in [6, 6.07) is 8.26. The lowest BCUT2D eigenvalue weighted by molar-refractivity contribution is -0.129. The maximum Gasteiger partial charge on any atom is 0.233 e. The highest BCUT2D eigenvalue weighted by molar-refractivity contribution is 7.99. The quantitative estimate of drug-likeness (QED) is 0.789. The average molecular weight is 374 g/mol. The van der Waals surface area contributed by atoms with Crippen LogP contribution in [0.1, 0.15) is 31.2 Å². The Bertz CT molecular complexity index is 735. The van der Waals surface area contributed by atoms with E-state index in [4.69, 9.17) is 0 Å². The molecule has 2 heterocycles. The minimum Gasteiger partial charge on any atom is -0.378 e. The van der Waals surface area contributed by atoms with Crippen molar-refractivity contribution in [3.05, 3.63) is 35.7 Å². The fourth-order valence-electron chi connectivity index (χ4n) is 2.95. The number of anilines is 1. The third-order valence-corrected chi connectivity index (χ3v) is 5.89. The summed E-state index contributed by atoms with van der Waals surface area (Å²) in [5, 5.41) is 12.6. The summed E-state index contributed by atoms with van der Waals surface area (Å²) in [7, 11) is 1.95. The Labute approximate surface area is 159 Å². The second kappa shape index (κ2) is 8.58. The maximum absolute atomic E-state index is 12.4. The van der Waals surface area contributed by atoms with Gasteiger partial charge in [-0.2, -0.15) is 0 Å². The van der Waals surface area contributed by atoms with Gasteiger partial charge in [0.2, 0.25) is 5.91 Å². The molecule has 1 amide bonds. The minimum absolute atomic E-state index is 0.198. The molecule has 0 bridgehead atoms. The number of likely N-dealkylation sites (tertiary alicyclic amines) is 1. The molecule has 0 atom stereocenters. The van der Waals surface area contributed by atoms with Gasteiger partial charge in [-0.15, -0.1) is 10.2 Å². The Kier molecular flexibility index (Phi) is 6.19. The number of amides is 1. The van der Waals surface area contributed by atoms with Crippen molar-refractivity contribution in [3.63, 3.8) is 0 Å². The van der Waals surface area contributed by atoms with Gasteiger partial charge >= 0.3 is 0 Å². The van der Waals surface area contributed by atoms with Gasteiger partial charge in [0.05, 0.1) is 12.3 Å². The normalized spacial score (nSPS) is 15.3. The van der Waals surface area contributed by atoms with Crippen molar-refractivity contribution < 1.29 is 4.79 Å². The van der Waals surface area contributed by atoms with Crippen molar-refractivity contribution in [1.29, 1.82) is 0 Å². The maximum atomic E-state index is 12.4. The van der Waals surface area contributed by atoms with Crippen LogP contribution in [0.2, 0.25) is 0 Å². The predicted molar refractivity (Wildman–Crippen MR) is 105 cm³/mol. The molecule has 26 heavy (non-hydrogen) atoms. The van der Waals surface area contributed by atoms with Crippen molar-refractivity contribution in [2.75, 3.05) is 24.2 Å². The molecule has 1 aliphatic heterocycles. The predicted octanol–water partition coefficient (Wildman–Crippen LogP) is 3.09. The summed E-state index contributed by atoms with van der Waals surface area (Å²) in [6.07, 6.45) is 2.21. The van der Waals surface area contributed by atoms with Crippen molar-refractivity contribution in [2.24, 2.45) is 13.0 Å². The molecule has 6 nitrogen and oxygen atoms in total. The van der Waals surface area contributed by atoms with Gasteiger partial charge in [0, 0.05) is 25.8 Å². The van der Waals surface area contributed by atoms with Gasteiger partial charge in [-0.25, -0.2) is 0 Å². The van der Waals surface area contributed by atoms with Gasteiger partial charge in [-0.3, -0.25) is 4.79 Å². The van der Waals surface area contributed by atoms with Crippen LogP contribution in [0, 0.1) is 12.8 Å². The Balaban J connectivity index is 1.50. The van der Waals surface area contributed by atoms with E-state index in [-0.39, 0.29) is 5.91 Å². The first kappa shape index (κ1) is 18.8. The molecule has 0 unspecified atom stereocenters. The Hall–Kier alpha value is -2.02. The monoisotopic (exact) mass is 373 g/mol. The van der Waals surface area contributed by atoms with Crippen molar-refractivity contribution in [1.82, 2.24) is 19.7 Å². The van der Waals surface area contributed by atoms with Gasteiger partial charge in [-0.05, 0) is 37.8 Å². The van der Waals surface area contributed by atoms with Crippen LogP contribution in [0.3, 0.4) is 0 Å². The molecule has 1 saturated heterocycles. The molecule has 1 aromatic carbocycles. The van der Waals surface area contributed by atoms with Crippen molar-refractivity contribution in [3.8, 4) is 0 Å². The molecule has 0 aliphatic carbocycles. The van der Waals surface area contributed by atoms with E-state index >= 15 is 0 Å². The van der Waals surface area contributed by atoms with Gasteiger partial charge in [0.1, 0.15) is 0 Å². The summed E-state index contributed by atoms with van der Waals surface area (Å²) in [5.41, 5.74) is 2.29. The van der Waals surface area contributed by atoms with E-state index in [2.05, 4.69) is 53.6 Å². The highest BCUT2D eigenvalue weighted by atomic mass is 32.2. The van der Waals surface area contributed by atoms with E-state index < -0.39 is 0 Å². The average Bonchev–Trinajstić information content (AvgIpc) is 3.00. The van der Waals surface area contributed by atoms with Crippen molar-refractivity contribution in [2.45, 2.75) is 38.4 Å². The lowest BCUT2D eigenvalue weighted by Crippen LogP contribution is -2.38. The van der Waals surface area contributed by atoms with Crippen LogP contribution >= 0.6 is 11.8 Å². The zero-order valence-corrected chi connectivity index (χ0v) is 16.6. The number of rotatable bonds is 6. The summed E-state index contributed by atoms with van der Waals surface area (Å²) >= 11 is 1.46. The summed E-state index contributed by atoms with van der Waals surface area (Å²) < 4.78 is 1.96. The lowest BCUT2D eigenvalue weighted by atomic mass is 9.99. The van der Waals surface area contributed by atoms with E-state index in [9.17, 15) is 4.79 Å². The summed E-state index contributed by atoms with van der Waals surface area (Å²) in [5.74, 6) is 2.21. The SMILES string of the molecule is Cc1ccc(NCc2nnc(SCC(=O)N3CCC(C)CC3)n2C)cc1. The second-order valence-corrected chi connectivity index (χ2v) is 7.97. The number of hydrogen-bond donors (Lipinski definition) is 1. The first-order valence-electron chi connectivity index (χ1n) is 9.12. The highest BCUT2D eigenvalue weighted by Crippen LogP contribution is 2.20. The number of carbonyl (C=O) groups is 1. The van der Waals surface area contributed by atoms with Crippen LogP contribution in [-0.4, -0.2) is 44.4 Å². The molecule has 1 aromatic heterocycles. The summed E-state index contributed by atoms with van der Waals surface area (Å²) in [6.45, 7) is 6.69. The summed E-state index contributed by atoms with van der Waals surface area (Å²) in [4.78, 5) is 14.3. The molecule has 7 heteroatoms. The Morgan fingerprint density at radius 2 is 1.92 bits per heavy atom. The fourth-order valence-corrected chi connectivity index (χ4v) is 3.79. The molecule has 1 fully saturated rings. The van der Waals surface area contributed by atoms with Gasteiger partial charge in [0.15, 0.2) is 11.0 Å². The van der Waals surface area contributed by atoms with Gasteiger partial charge in [0.25, 0.3) is 0 Å². The number of carbonyl (C=O) groups excluding carboxylic acids is 1. The largest absolute Gasteiger partial charge is 0.378 e. The van der Waals surface area contributed by atoms with Crippen LogP contribution in [0.15, 0.2) is 29.4 Å². The Morgan fingerprint density at radius 3 is 2.62 bits per heavy atom. The van der Waals surface area contributed by atoms with E-state index in [0.717, 1.165) is 48.5 Å². The lowest BCUT2D eigenvalue weighted by Gasteiger charge is -2.30. The van der Waals surface area contributed by atoms with Crippen molar-refractivity contribution >= 4 is 23.4 Å². The molecule has 0 saturated carbocycles. The first-order valence-corrected chi connectivity index (χ1v) is 10.1. The number of aryl methyl sites for hydroxylation is 1. The van der Waals surface area contributed by atoms with Crippen LogP contribution < -0.4 is 5.32 Å². The third kappa shape index (κ3) is 4.78. The Morgan fingerprint density at radius 1 is 1.23 bits per heavy atom. The molecule has 2 aromatic rings. The fraction of sp³-hybridized carbons (Fsp3) is 0.526. The van der Waals surface area contributed by atoms with Crippen LogP contribution in [0.4, 0.5) is 5.69 Å². The number of hydrogen-bond acceptors (Lipinski definition) is 5. The number of thioether (sulfide) groups is 1. The smallest absolute Gasteiger partial charge is 0.233 e. The number of nitrogens with one attached hydrogen (secondary N) is 1. The van der Waals surface area contributed by atoms with Crippen LogP contribution in [0.25, 0.3) is 0 Å². The molecule has 1 N–H and O–H groups in total. The topological polar surface area (TPSA) is 63.1 Å². The zero-order chi connectivity index (χ0) is 18.5. The van der Waals surface area contributed by atoms with Gasteiger partial charge < -0.3 is 14.8 Å². The molecule has 1 aliphatic rings. The number of aromatic nitrogens is 3. The van der Waals surface area contributed by atoms with E-state index in [1.165, 1.54) is 17.3 Å². The molecule has 140 valence electrons. The first-order chi connectivity index (χ1) is 12.5. The number of nitrogens with zero attached hydrogens (tertiary/aromatic N) is 4. The van der Waals surface area contributed by atoms with Crippen LogP contribution in [0.5, 0.6) is 0 Å². The van der Waals surface area contributed by atoms with E-state index in [0.29, 0.717) is 12.3 Å². The standard InChI is InChI=1S/C19H27N5OS/c1-14-4-6-16(7-5-14)20-12-17-21-22-19(23(17)3)26-13-18(25)24-10-8-15(2)9-11-24/h4-7,15,20H,8-13H2,1-3H3. The second-order valence-electron chi connectivity index (χ2n) is 7.03. The molecular weight excluding hydrogens is 346 g/mol.